The maximum absolute atomic E-state index is 13.3. The van der Waals surface area contributed by atoms with Gasteiger partial charge in [-0.15, -0.1) is 0 Å². The Labute approximate surface area is 92.7 Å². The molecule has 1 fully saturated rings. The van der Waals surface area contributed by atoms with Gasteiger partial charge >= 0.3 is 0 Å². The van der Waals surface area contributed by atoms with E-state index in [1.807, 2.05) is 6.92 Å². The number of benzene rings is 1. The zero-order valence-corrected chi connectivity index (χ0v) is 9.06. The van der Waals surface area contributed by atoms with E-state index < -0.39 is 17.5 Å². The van der Waals surface area contributed by atoms with Crippen LogP contribution in [-0.4, -0.2) is 6.04 Å². The Morgan fingerprint density at radius 1 is 1.12 bits per heavy atom. The van der Waals surface area contributed by atoms with Crippen LogP contribution in [0.25, 0.3) is 0 Å². The van der Waals surface area contributed by atoms with E-state index in [0.717, 1.165) is 19.3 Å². The van der Waals surface area contributed by atoms with Crippen LogP contribution >= 0.6 is 0 Å². The van der Waals surface area contributed by atoms with Gasteiger partial charge in [0.2, 0.25) is 0 Å². The molecule has 2 atom stereocenters. The molecule has 0 aromatic heterocycles. The third kappa shape index (κ3) is 2.15. The van der Waals surface area contributed by atoms with Gasteiger partial charge in [0.25, 0.3) is 0 Å². The number of halogens is 3. The minimum atomic E-state index is -0.889. The predicted molar refractivity (Wildman–Crippen MR) is 56.7 cm³/mol. The fraction of sp³-hybridized carbons (Fsp3) is 0.500. The maximum atomic E-state index is 13.3. The van der Waals surface area contributed by atoms with E-state index >= 15 is 0 Å². The molecule has 0 spiro atoms. The fourth-order valence-corrected chi connectivity index (χ4v) is 2.23. The highest BCUT2D eigenvalue weighted by molar-refractivity contribution is 5.47. The molecule has 0 heterocycles. The van der Waals surface area contributed by atoms with Crippen LogP contribution in [-0.2, 0) is 0 Å². The van der Waals surface area contributed by atoms with Crippen LogP contribution in [0, 0.1) is 23.4 Å². The number of rotatable bonds is 2. The van der Waals surface area contributed by atoms with Gasteiger partial charge in [0.15, 0.2) is 11.6 Å². The van der Waals surface area contributed by atoms with Crippen LogP contribution in [0.15, 0.2) is 12.1 Å². The first-order valence-corrected chi connectivity index (χ1v) is 5.49. The van der Waals surface area contributed by atoms with Gasteiger partial charge in [-0.05, 0) is 18.8 Å². The van der Waals surface area contributed by atoms with Crippen LogP contribution in [0.1, 0.15) is 26.2 Å². The van der Waals surface area contributed by atoms with Crippen molar-refractivity contribution in [1.29, 1.82) is 0 Å². The Balaban J connectivity index is 2.21. The predicted octanol–water partition coefficient (Wildman–Crippen LogP) is 3.70. The van der Waals surface area contributed by atoms with Crippen molar-refractivity contribution in [2.45, 2.75) is 32.2 Å². The summed E-state index contributed by atoms with van der Waals surface area (Å²) in [6, 6.07) is 1.48. The lowest BCUT2D eigenvalue weighted by Gasteiger charge is -2.19. The molecule has 1 N–H and O–H groups in total. The van der Waals surface area contributed by atoms with Crippen molar-refractivity contribution in [3.05, 3.63) is 29.6 Å². The molecule has 88 valence electrons. The van der Waals surface area contributed by atoms with Crippen molar-refractivity contribution in [2.24, 2.45) is 5.92 Å². The summed E-state index contributed by atoms with van der Waals surface area (Å²) in [5.74, 6) is -2.22. The second-order valence-electron chi connectivity index (χ2n) is 4.40. The lowest BCUT2D eigenvalue weighted by Crippen LogP contribution is -2.23. The number of hydrogen-bond donors (Lipinski definition) is 1. The van der Waals surface area contributed by atoms with Crippen LogP contribution in [0.2, 0.25) is 0 Å². The summed E-state index contributed by atoms with van der Waals surface area (Å²) in [4.78, 5) is 0. The van der Waals surface area contributed by atoms with Crippen LogP contribution in [0.3, 0.4) is 0 Å². The van der Waals surface area contributed by atoms with E-state index in [1.54, 1.807) is 0 Å². The van der Waals surface area contributed by atoms with Crippen LogP contribution in [0.5, 0.6) is 0 Å². The topological polar surface area (TPSA) is 12.0 Å². The first kappa shape index (κ1) is 11.3. The average Bonchev–Trinajstić information content (AvgIpc) is 2.57. The second-order valence-corrected chi connectivity index (χ2v) is 4.40. The van der Waals surface area contributed by atoms with Crippen molar-refractivity contribution in [1.82, 2.24) is 0 Å². The highest BCUT2D eigenvalue weighted by Crippen LogP contribution is 2.30. The largest absolute Gasteiger partial charge is 0.377 e. The molecule has 0 radical (unpaired) electrons. The molecule has 1 saturated carbocycles. The molecule has 0 amide bonds. The molecule has 16 heavy (non-hydrogen) atoms. The third-order valence-electron chi connectivity index (χ3n) is 3.20. The Morgan fingerprint density at radius 2 is 1.75 bits per heavy atom. The SMILES string of the molecule is CC1CCCC1Nc1c(F)cc(F)cc1F. The van der Waals surface area contributed by atoms with Gasteiger partial charge in [-0.25, -0.2) is 13.2 Å². The van der Waals surface area contributed by atoms with Crippen LogP contribution in [0.4, 0.5) is 18.9 Å². The van der Waals surface area contributed by atoms with Gasteiger partial charge in [-0.2, -0.15) is 0 Å². The Morgan fingerprint density at radius 3 is 2.25 bits per heavy atom. The summed E-state index contributed by atoms with van der Waals surface area (Å²) in [5, 5.41) is 2.84. The summed E-state index contributed by atoms with van der Waals surface area (Å²) < 4.78 is 39.4. The van der Waals surface area contributed by atoms with Gasteiger partial charge < -0.3 is 5.32 Å². The van der Waals surface area contributed by atoms with E-state index in [1.165, 1.54) is 0 Å². The minimum absolute atomic E-state index is 0.0782. The second kappa shape index (κ2) is 4.36. The third-order valence-corrected chi connectivity index (χ3v) is 3.20. The monoisotopic (exact) mass is 229 g/mol. The normalized spacial score (nSPS) is 24.8. The first-order valence-electron chi connectivity index (χ1n) is 5.49. The molecular formula is C12H14F3N. The Bertz CT molecular complexity index is 369. The standard InChI is InChI=1S/C12H14F3N/c1-7-3-2-4-11(7)16-12-9(14)5-8(13)6-10(12)15/h5-7,11,16H,2-4H2,1H3. The number of nitrogens with one attached hydrogen (secondary N) is 1. The van der Waals surface area contributed by atoms with Gasteiger partial charge in [0.1, 0.15) is 11.5 Å². The molecule has 1 aromatic rings. The van der Waals surface area contributed by atoms with Crippen molar-refractivity contribution in [3.63, 3.8) is 0 Å². The van der Waals surface area contributed by atoms with E-state index in [4.69, 9.17) is 0 Å². The summed E-state index contributed by atoms with van der Waals surface area (Å²) in [6.07, 6.45) is 3.02. The van der Waals surface area contributed by atoms with E-state index in [9.17, 15) is 13.2 Å². The Hall–Kier alpha value is -1.19. The molecule has 1 nitrogen and oxygen atoms in total. The van der Waals surface area contributed by atoms with Crippen molar-refractivity contribution >= 4 is 5.69 Å². The van der Waals surface area contributed by atoms with Crippen molar-refractivity contribution < 1.29 is 13.2 Å². The summed E-state index contributed by atoms with van der Waals surface area (Å²) in [5.41, 5.74) is -0.208. The zero-order chi connectivity index (χ0) is 11.7. The van der Waals surface area contributed by atoms with Crippen molar-refractivity contribution in [2.75, 3.05) is 5.32 Å². The zero-order valence-electron chi connectivity index (χ0n) is 9.06. The quantitative estimate of drug-likeness (QED) is 0.815. The molecular weight excluding hydrogens is 215 g/mol. The molecule has 1 aliphatic rings. The Kier molecular flexibility index (Phi) is 3.08. The molecule has 4 heteroatoms. The van der Waals surface area contributed by atoms with Crippen molar-refractivity contribution in [3.8, 4) is 0 Å². The molecule has 0 saturated heterocycles. The average molecular weight is 229 g/mol. The smallest absolute Gasteiger partial charge is 0.152 e. The van der Waals surface area contributed by atoms with Gasteiger partial charge in [-0.3, -0.25) is 0 Å². The highest BCUT2D eigenvalue weighted by atomic mass is 19.1. The minimum Gasteiger partial charge on any atom is -0.377 e. The van der Waals surface area contributed by atoms with Gasteiger partial charge in [-0.1, -0.05) is 13.3 Å². The number of anilines is 1. The lowest BCUT2D eigenvalue weighted by molar-refractivity contribution is 0.524. The summed E-state index contributed by atoms with van der Waals surface area (Å²) in [6.45, 7) is 2.05. The summed E-state index contributed by atoms with van der Waals surface area (Å²) in [7, 11) is 0. The molecule has 2 rings (SSSR count). The molecule has 1 aliphatic carbocycles. The van der Waals surface area contributed by atoms with E-state index in [-0.39, 0.29) is 11.7 Å². The molecule has 0 aliphatic heterocycles. The highest BCUT2D eigenvalue weighted by Gasteiger charge is 2.25. The first-order chi connectivity index (χ1) is 7.58. The van der Waals surface area contributed by atoms with Crippen LogP contribution < -0.4 is 5.32 Å². The number of hydrogen-bond acceptors (Lipinski definition) is 1. The van der Waals surface area contributed by atoms with E-state index in [2.05, 4.69) is 5.32 Å². The molecule has 2 unspecified atom stereocenters. The fourth-order valence-electron chi connectivity index (χ4n) is 2.23. The van der Waals surface area contributed by atoms with E-state index in [0.29, 0.717) is 18.1 Å². The maximum Gasteiger partial charge on any atom is 0.152 e. The van der Waals surface area contributed by atoms with Gasteiger partial charge in [0, 0.05) is 18.2 Å². The lowest BCUT2D eigenvalue weighted by atomic mass is 10.1. The van der Waals surface area contributed by atoms with Gasteiger partial charge in [0.05, 0.1) is 0 Å². The molecule has 0 bridgehead atoms. The molecule has 1 aromatic carbocycles. The summed E-state index contributed by atoms with van der Waals surface area (Å²) >= 11 is 0.